The van der Waals surface area contributed by atoms with E-state index in [9.17, 15) is 13.2 Å². The summed E-state index contributed by atoms with van der Waals surface area (Å²) in [7, 11) is 0. The summed E-state index contributed by atoms with van der Waals surface area (Å²) in [5.74, 6) is 0.436. The van der Waals surface area contributed by atoms with Crippen molar-refractivity contribution in [3.63, 3.8) is 0 Å². The summed E-state index contributed by atoms with van der Waals surface area (Å²) < 4.78 is 39.0. The highest BCUT2D eigenvalue weighted by Crippen LogP contribution is 2.31. The fraction of sp³-hybridized carbons (Fsp3) is 0.412. The van der Waals surface area contributed by atoms with E-state index in [1.807, 2.05) is 25.1 Å². The van der Waals surface area contributed by atoms with Gasteiger partial charge in [-0.2, -0.15) is 18.2 Å². The van der Waals surface area contributed by atoms with E-state index in [0.29, 0.717) is 18.2 Å². The quantitative estimate of drug-likeness (QED) is 0.796. The molecule has 0 saturated carbocycles. The van der Waals surface area contributed by atoms with Gasteiger partial charge in [0.2, 0.25) is 5.95 Å². The van der Waals surface area contributed by atoms with Gasteiger partial charge in [-0.3, -0.25) is 0 Å². The Morgan fingerprint density at radius 3 is 2.38 bits per heavy atom. The van der Waals surface area contributed by atoms with Crippen LogP contribution in [-0.2, 0) is 6.18 Å². The summed E-state index contributed by atoms with van der Waals surface area (Å²) in [5, 5.41) is 5.65. The first-order chi connectivity index (χ1) is 11.2. The lowest BCUT2D eigenvalue weighted by atomic mass is 9.98. The molecule has 4 nitrogen and oxygen atoms in total. The van der Waals surface area contributed by atoms with Crippen molar-refractivity contribution in [2.45, 2.75) is 39.8 Å². The molecule has 2 N–H and O–H groups in total. The van der Waals surface area contributed by atoms with Gasteiger partial charge in [-0.25, -0.2) is 4.98 Å². The lowest BCUT2D eigenvalue weighted by Gasteiger charge is -2.14. The summed E-state index contributed by atoms with van der Waals surface area (Å²) in [6.45, 7) is 8.37. The summed E-state index contributed by atoms with van der Waals surface area (Å²) in [4.78, 5) is 7.59. The molecule has 0 aliphatic rings. The highest BCUT2D eigenvalue weighted by atomic mass is 19.4. The first-order valence-corrected chi connectivity index (χ1v) is 7.78. The number of benzene rings is 1. The Morgan fingerprint density at radius 1 is 1.12 bits per heavy atom. The molecular formula is C17H21F3N4. The Kier molecular flexibility index (Phi) is 5.31. The number of aromatic nitrogens is 2. The molecule has 0 atom stereocenters. The fourth-order valence-electron chi connectivity index (χ4n) is 2.44. The molecule has 0 fully saturated rings. The Hall–Kier alpha value is -2.31. The number of hydrogen-bond acceptors (Lipinski definition) is 4. The molecule has 1 aromatic carbocycles. The first-order valence-electron chi connectivity index (χ1n) is 7.78. The van der Waals surface area contributed by atoms with E-state index in [0.717, 1.165) is 11.6 Å². The van der Waals surface area contributed by atoms with Crippen LogP contribution in [0.15, 0.2) is 24.3 Å². The van der Waals surface area contributed by atoms with E-state index >= 15 is 0 Å². The minimum Gasteiger partial charge on any atom is -0.354 e. The summed E-state index contributed by atoms with van der Waals surface area (Å²) in [6, 6.07) is 6.62. The molecule has 0 bridgehead atoms. The van der Waals surface area contributed by atoms with Crippen LogP contribution < -0.4 is 10.6 Å². The minimum absolute atomic E-state index is 0.0506. The van der Waals surface area contributed by atoms with E-state index in [1.54, 1.807) is 6.92 Å². The van der Waals surface area contributed by atoms with Gasteiger partial charge in [-0.05, 0) is 43.0 Å². The van der Waals surface area contributed by atoms with Crippen LogP contribution in [0.3, 0.4) is 0 Å². The number of aryl methyl sites for hydroxylation is 1. The fourth-order valence-corrected chi connectivity index (χ4v) is 2.44. The molecule has 0 radical (unpaired) electrons. The van der Waals surface area contributed by atoms with Crippen LogP contribution >= 0.6 is 0 Å². The van der Waals surface area contributed by atoms with Gasteiger partial charge in [0.15, 0.2) is 5.69 Å². The van der Waals surface area contributed by atoms with Crippen LogP contribution in [0.2, 0.25) is 0 Å². The van der Waals surface area contributed by atoms with Crippen molar-refractivity contribution in [1.82, 2.24) is 9.97 Å². The van der Waals surface area contributed by atoms with Gasteiger partial charge in [0.25, 0.3) is 0 Å². The molecule has 0 saturated heterocycles. The van der Waals surface area contributed by atoms with Crippen molar-refractivity contribution in [2.75, 3.05) is 17.2 Å². The monoisotopic (exact) mass is 338 g/mol. The second-order valence-corrected chi connectivity index (χ2v) is 5.84. The number of halogens is 3. The molecular weight excluding hydrogens is 317 g/mol. The van der Waals surface area contributed by atoms with Gasteiger partial charge in [0, 0.05) is 18.3 Å². The molecule has 0 spiro atoms. The molecule has 0 unspecified atom stereocenters. The third-order valence-electron chi connectivity index (χ3n) is 3.52. The van der Waals surface area contributed by atoms with Crippen LogP contribution in [0.25, 0.3) is 0 Å². The maximum atomic E-state index is 13.0. The third kappa shape index (κ3) is 4.37. The van der Waals surface area contributed by atoms with Crippen molar-refractivity contribution in [3.05, 3.63) is 41.1 Å². The average Bonchev–Trinajstić information content (AvgIpc) is 2.46. The van der Waals surface area contributed by atoms with Gasteiger partial charge < -0.3 is 10.6 Å². The highest BCUT2D eigenvalue weighted by Gasteiger charge is 2.33. The Bertz CT molecular complexity index is 711. The third-order valence-corrected chi connectivity index (χ3v) is 3.52. The predicted molar refractivity (Wildman–Crippen MR) is 89.7 cm³/mol. The van der Waals surface area contributed by atoms with Crippen LogP contribution in [0.4, 0.5) is 30.6 Å². The second kappa shape index (κ2) is 7.07. The normalized spacial score (nSPS) is 11.7. The lowest BCUT2D eigenvalue weighted by Crippen LogP contribution is -2.13. The van der Waals surface area contributed by atoms with Crippen LogP contribution in [0.5, 0.6) is 0 Å². The number of nitrogens with one attached hydrogen (secondary N) is 2. The van der Waals surface area contributed by atoms with Crippen LogP contribution in [-0.4, -0.2) is 16.5 Å². The van der Waals surface area contributed by atoms with E-state index < -0.39 is 11.9 Å². The SMILES string of the molecule is CCNc1nc(Nc2ccc(C(C)C)c(C)c2)cc(C(F)(F)F)n1. The van der Waals surface area contributed by atoms with Crippen molar-refractivity contribution >= 4 is 17.5 Å². The lowest BCUT2D eigenvalue weighted by molar-refractivity contribution is -0.141. The minimum atomic E-state index is -4.53. The maximum absolute atomic E-state index is 13.0. The Morgan fingerprint density at radius 2 is 1.83 bits per heavy atom. The first kappa shape index (κ1) is 18.0. The van der Waals surface area contributed by atoms with Gasteiger partial charge >= 0.3 is 6.18 Å². The molecule has 2 aromatic rings. The van der Waals surface area contributed by atoms with Gasteiger partial charge in [-0.15, -0.1) is 0 Å². The molecule has 0 aliphatic heterocycles. The smallest absolute Gasteiger partial charge is 0.354 e. The van der Waals surface area contributed by atoms with Crippen molar-refractivity contribution in [1.29, 1.82) is 0 Å². The predicted octanol–water partition coefficient (Wildman–Crippen LogP) is 5.10. The maximum Gasteiger partial charge on any atom is 0.433 e. The Labute approximate surface area is 139 Å². The van der Waals surface area contributed by atoms with Crippen LogP contribution in [0, 0.1) is 6.92 Å². The molecule has 2 rings (SSSR count). The van der Waals surface area contributed by atoms with E-state index in [-0.39, 0.29) is 11.8 Å². The Balaban J connectivity index is 2.35. The average molecular weight is 338 g/mol. The van der Waals surface area contributed by atoms with Crippen molar-refractivity contribution in [3.8, 4) is 0 Å². The standard InChI is InChI=1S/C17H21F3N4/c1-5-21-16-23-14(17(18,19)20)9-15(24-16)22-12-6-7-13(10(2)3)11(4)8-12/h6-10H,5H2,1-4H3,(H2,21,22,23,24). The number of rotatable bonds is 5. The molecule has 130 valence electrons. The number of hydrogen-bond donors (Lipinski definition) is 2. The van der Waals surface area contributed by atoms with E-state index in [2.05, 4.69) is 34.4 Å². The zero-order chi connectivity index (χ0) is 17.9. The number of alkyl halides is 3. The molecule has 1 heterocycles. The summed E-state index contributed by atoms with van der Waals surface area (Å²) >= 11 is 0. The van der Waals surface area contributed by atoms with Gasteiger partial charge in [0.05, 0.1) is 0 Å². The summed E-state index contributed by atoms with van der Waals surface area (Å²) in [6.07, 6.45) is -4.53. The van der Waals surface area contributed by atoms with Crippen molar-refractivity contribution < 1.29 is 13.2 Å². The number of nitrogens with zero attached hydrogens (tertiary/aromatic N) is 2. The van der Waals surface area contributed by atoms with Gasteiger partial charge in [0.1, 0.15) is 5.82 Å². The molecule has 24 heavy (non-hydrogen) atoms. The molecule has 0 amide bonds. The zero-order valence-corrected chi connectivity index (χ0v) is 14.1. The van der Waals surface area contributed by atoms with Crippen molar-refractivity contribution in [2.24, 2.45) is 0 Å². The highest BCUT2D eigenvalue weighted by molar-refractivity contribution is 5.59. The van der Waals surface area contributed by atoms with Crippen LogP contribution in [0.1, 0.15) is 43.5 Å². The summed E-state index contributed by atoms with van der Waals surface area (Å²) in [5.41, 5.74) is 1.98. The molecule has 1 aromatic heterocycles. The number of anilines is 3. The van der Waals surface area contributed by atoms with E-state index in [4.69, 9.17) is 0 Å². The largest absolute Gasteiger partial charge is 0.433 e. The zero-order valence-electron chi connectivity index (χ0n) is 14.1. The molecule has 0 aliphatic carbocycles. The van der Waals surface area contributed by atoms with Gasteiger partial charge in [-0.1, -0.05) is 19.9 Å². The topological polar surface area (TPSA) is 49.8 Å². The molecule has 7 heteroatoms. The van der Waals surface area contributed by atoms with E-state index in [1.165, 1.54) is 5.56 Å². The second-order valence-electron chi connectivity index (χ2n) is 5.84.